The van der Waals surface area contributed by atoms with Gasteiger partial charge in [-0.3, -0.25) is 4.79 Å². The van der Waals surface area contributed by atoms with Crippen molar-refractivity contribution in [2.75, 3.05) is 12.9 Å². The van der Waals surface area contributed by atoms with Crippen LogP contribution in [0.15, 0.2) is 54.6 Å². The van der Waals surface area contributed by atoms with Crippen molar-refractivity contribution < 1.29 is 9.53 Å². The van der Waals surface area contributed by atoms with Crippen molar-refractivity contribution >= 4 is 17.5 Å². The molecule has 3 heteroatoms. The van der Waals surface area contributed by atoms with E-state index in [1.165, 1.54) is 18.4 Å². The molecule has 0 bridgehead atoms. The van der Waals surface area contributed by atoms with Gasteiger partial charge in [0.25, 0.3) is 0 Å². The first kappa shape index (κ1) is 17.6. The number of Topliss-reactive ketones (excluding diaryl/α,β-unsaturated/α-hetero) is 1. The maximum atomic E-state index is 12.5. The normalized spacial score (nSPS) is 11.9. The van der Waals surface area contributed by atoms with Gasteiger partial charge in [-0.1, -0.05) is 55.8 Å². The van der Waals surface area contributed by atoms with Gasteiger partial charge >= 0.3 is 0 Å². The lowest BCUT2D eigenvalue weighted by molar-refractivity contribution is 0.0982. The van der Waals surface area contributed by atoms with E-state index in [9.17, 15) is 4.79 Å². The Bertz CT molecular complexity index is 593. The Morgan fingerprint density at radius 2 is 1.78 bits per heavy atom. The van der Waals surface area contributed by atoms with Crippen LogP contribution in [-0.4, -0.2) is 18.6 Å². The molecule has 0 N–H and O–H groups in total. The molecule has 1 unspecified atom stereocenters. The van der Waals surface area contributed by atoms with E-state index in [4.69, 9.17) is 4.74 Å². The van der Waals surface area contributed by atoms with E-state index in [0.717, 1.165) is 17.1 Å². The third-order valence-electron chi connectivity index (χ3n) is 3.77. The minimum atomic E-state index is 0.195. The van der Waals surface area contributed by atoms with Gasteiger partial charge in [0, 0.05) is 17.2 Å². The molecule has 0 radical (unpaired) electrons. The van der Waals surface area contributed by atoms with Crippen molar-refractivity contribution in [2.24, 2.45) is 0 Å². The van der Waals surface area contributed by atoms with E-state index in [-0.39, 0.29) is 11.0 Å². The fraction of sp³-hybridized carbons (Fsp3) is 0.350. The van der Waals surface area contributed by atoms with Gasteiger partial charge in [-0.25, -0.2) is 0 Å². The number of hydrogen-bond acceptors (Lipinski definition) is 3. The van der Waals surface area contributed by atoms with Crippen LogP contribution in [0.5, 0.6) is 5.75 Å². The second kappa shape index (κ2) is 9.41. The number of carbonyl (C=O) groups is 1. The van der Waals surface area contributed by atoms with Crippen LogP contribution >= 0.6 is 11.8 Å². The summed E-state index contributed by atoms with van der Waals surface area (Å²) in [6.07, 6.45) is 2.89. The van der Waals surface area contributed by atoms with E-state index in [0.29, 0.717) is 6.42 Å². The lowest BCUT2D eigenvalue weighted by atomic mass is 10.0. The van der Waals surface area contributed by atoms with Crippen LogP contribution in [0.2, 0.25) is 0 Å². The summed E-state index contributed by atoms with van der Waals surface area (Å²) < 4.78 is 5.22. The topological polar surface area (TPSA) is 26.3 Å². The molecule has 0 aliphatic heterocycles. The Morgan fingerprint density at radius 1 is 1.09 bits per heavy atom. The van der Waals surface area contributed by atoms with Gasteiger partial charge in [0.2, 0.25) is 0 Å². The largest absolute Gasteiger partial charge is 0.497 e. The van der Waals surface area contributed by atoms with Gasteiger partial charge in [-0.05, 0) is 29.9 Å². The first-order valence-electron chi connectivity index (χ1n) is 8.08. The highest BCUT2D eigenvalue weighted by atomic mass is 32.2. The molecule has 2 nitrogen and oxygen atoms in total. The summed E-state index contributed by atoms with van der Waals surface area (Å²) in [6.45, 7) is 2.19. The first-order valence-corrected chi connectivity index (χ1v) is 9.13. The third-order valence-corrected chi connectivity index (χ3v) is 5.14. The van der Waals surface area contributed by atoms with E-state index in [1.807, 2.05) is 54.2 Å². The molecule has 0 fully saturated rings. The number of carbonyl (C=O) groups excluding carboxylic acids is 1. The zero-order valence-corrected chi connectivity index (χ0v) is 14.6. The molecule has 2 aromatic carbocycles. The standard InChI is InChI=1S/C20H24O2S/c1-3-4-14-23-20(17-10-12-18(22-2)13-11-17)15-19(21)16-8-6-5-7-9-16/h5-13,20H,3-4,14-15H2,1-2H3. The average Bonchev–Trinajstić information content (AvgIpc) is 2.62. The maximum Gasteiger partial charge on any atom is 0.164 e. The van der Waals surface area contributed by atoms with Gasteiger partial charge in [-0.15, -0.1) is 0 Å². The number of thioether (sulfide) groups is 1. The number of unbranched alkanes of at least 4 members (excludes halogenated alkanes) is 1. The smallest absolute Gasteiger partial charge is 0.164 e. The zero-order valence-electron chi connectivity index (χ0n) is 13.8. The van der Waals surface area contributed by atoms with Gasteiger partial charge < -0.3 is 4.74 Å². The molecule has 1 atom stereocenters. The molecular formula is C20H24O2S. The molecule has 122 valence electrons. The number of hydrogen-bond donors (Lipinski definition) is 0. The monoisotopic (exact) mass is 328 g/mol. The summed E-state index contributed by atoms with van der Waals surface area (Å²) in [5.41, 5.74) is 1.98. The summed E-state index contributed by atoms with van der Waals surface area (Å²) in [6, 6.07) is 17.6. The Balaban J connectivity index is 2.11. The number of methoxy groups -OCH3 is 1. The second-order valence-electron chi connectivity index (χ2n) is 5.48. The van der Waals surface area contributed by atoms with Crippen LogP contribution in [0.25, 0.3) is 0 Å². The number of ketones is 1. The van der Waals surface area contributed by atoms with Crippen molar-refractivity contribution in [3.8, 4) is 5.75 Å². The average molecular weight is 328 g/mol. The highest BCUT2D eigenvalue weighted by Crippen LogP contribution is 2.34. The molecular weight excluding hydrogens is 304 g/mol. The third kappa shape index (κ3) is 5.43. The number of rotatable bonds is 9. The van der Waals surface area contributed by atoms with Crippen molar-refractivity contribution in [1.82, 2.24) is 0 Å². The summed E-state index contributed by atoms with van der Waals surface area (Å²) in [7, 11) is 1.67. The van der Waals surface area contributed by atoms with Crippen LogP contribution in [0.3, 0.4) is 0 Å². The summed E-state index contributed by atoms with van der Waals surface area (Å²) >= 11 is 1.87. The predicted molar refractivity (Wildman–Crippen MR) is 98.5 cm³/mol. The predicted octanol–water partition coefficient (Wildman–Crippen LogP) is 5.54. The molecule has 0 saturated carbocycles. The lowest BCUT2D eigenvalue weighted by Crippen LogP contribution is -2.06. The van der Waals surface area contributed by atoms with Crippen LogP contribution in [0.1, 0.15) is 47.4 Å². The van der Waals surface area contributed by atoms with Crippen molar-refractivity contribution in [2.45, 2.75) is 31.4 Å². The van der Waals surface area contributed by atoms with Crippen molar-refractivity contribution in [3.05, 3.63) is 65.7 Å². The quantitative estimate of drug-likeness (QED) is 0.446. The Hall–Kier alpha value is -1.74. The van der Waals surface area contributed by atoms with Gasteiger partial charge in [0.1, 0.15) is 5.75 Å². The highest BCUT2D eigenvalue weighted by molar-refractivity contribution is 7.99. The summed E-state index contributed by atoms with van der Waals surface area (Å²) in [5, 5.41) is 0.195. The minimum absolute atomic E-state index is 0.195. The van der Waals surface area contributed by atoms with E-state index >= 15 is 0 Å². The first-order chi connectivity index (χ1) is 11.2. The van der Waals surface area contributed by atoms with Gasteiger partial charge in [-0.2, -0.15) is 11.8 Å². The SMILES string of the molecule is CCCCSC(CC(=O)c1ccccc1)c1ccc(OC)cc1. The highest BCUT2D eigenvalue weighted by Gasteiger charge is 2.17. The fourth-order valence-electron chi connectivity index (χ4n) is 2.37. The molecule has 2 aromatic rings. The molecule has 0 aliphatic rings. The second-order valence-corrected chi connectivity index (χ2v) is 6.79. The number of ether oxygens (including phenoxy) is 1. The van der Waals surface area contributed by atoms with E-state index in [2.05, 4.69) is 19.1 Å². The Labute approximate surface area is 143 Å². The molecule has 0 aliphatic carbocycles. The van der Waals surface area contributed by atoms with Crippen molar-refractivity contribution in [1.29, 1.82) is 0 Å². The van der Waals surface area contributed by atoms with E-state index in [1.54, 1.807) is 7.11 Å². The van der Waals surface area contributed by atoms with E-state index < -0.39 is 0 Å². The molecule has 0 amide bonds. The fourth-order valence-corrected chi connectivity index (χ4v) is 3.73. The molecule has 0 saturated heterocycles. The number of benzene rings is 2. The molecule has 0 aromatic heterocycles. The van der Waals surface area contributed by atoms with Crippen LogP contribution in [0.4, 0.5) is 0 Å². The summed E-state index contributed by atoms with van der Waals surface area (Å²) in [5.74, 6) is 2.13. The molecule has 0 heterocycles. The summed E-state index contributed by atoms with van der Waals surface area (Å²) in [4.78, 5) is 12.5. The maximum absolute atomic E-state index is 12.5. The molecule has 2 rings (SSSR count). The molecule has 23 heavy (non-hydrogen) atoms. The van der Waals surface area contributed by atoms with Crippen LogP contribution in [-0.2, 0) is 0 Å². The zero-order chi connectivity index (χ0) is 16.5. The lowest BCUT2D eigenvalue weighted by Gasteiger charge is -2.17. The molecule has 0 spiro atoms. The minimum Gasteiger partial charge on any atom is -0.497 e. The van der Waals surface area contributed by atoms with Gasteiger partial charge in [0.15, 0.2) is 5.78 Å². The Kier molecular flexibility index (Phi) is 7.21. The Morgan fingerprint density at radius 3 is 2.39 bits per heavy atom. The van der Waals surface area contributed by atoms with Crippen LogP contribution < -0.4 is 4.74 Å². The van der Waals surface area contributed by atoms with Crippen molar-refractivity contribution in [3.63, 3.8) is 0 Å². The van der Waals surface area contributed by atoms with Crippen LogP contribution in [0, 0.1) is 0 Å². The van der Waals surface area contributed by atoms with Gasteiger partial charge in [0.05, 0.1) is 7.11 Å².